The Hall–Kier alpha value is -4.18. The normalized spacial score (nSPS) is 19.8. The Morgan fingerprint density at radius 1 is 1.24 bits per heavy atom. The lowest BCUT2D eigenvalue weighted by molar-refractivity contribution is -0.132. The number of aliphatic hydroxyl groups is 1. The van der Waals surface area contributed by atoms with E-state index in [-0.39, 0.29) is 27.4 Å². The number of esters is 1. The molecule has 0 bridgehead atoms. The van der Waals surface area contributed by atoms with Crippen molar-refractivity contribution in [2.24, 2.45) is 0 Å². The monoisotopic (exact) mass is 534 g/mol. The van der Waals surface area contributed by atoms with E-state index >= 15 is 0 Å². The lowest BCUT2D eigenvalue weighted by Crippen LogP contribution is -2.29. The molecule has 1 N–H and O–H groups in total. The van der Waals surface area contributed by atoms with E-state index in [0.29, 0.717) is 35.6 Å². The van der Waals surface area contributed by atoms with E-state index in [1.807, 2.05) is 13.8 Å². The summed E-state index contributed by atoms with van der Waals surface area (Å²) in [4.78, 5) is 45.1. The van der Waals surface area contributed by atoms with Crippen molar-refractivity contribution in [2.75, 3.05) is 18.6 Å². The molecule has 38 heavy (non-hydrogen) atoms. The van der Waals surface area contributed by atoms with Crippen molar-refractivity contribution in [3.8, 4) is 11.5 Å². The van der Waals surface area contributed by atoms with Crippen LogP contribution >= 0.6 is 11.3 Å². The van der Waals surface area contributed by atoms with Gasteiger partial charge in [-0.15, -0.1) is 0 Å². The van der Waals surface area contributed by atoms with Gasteiger partial charge in [-0.3, -0.25) is 14.5 Å². The van der Waals surface area contributed by atoms with Crippen molar-refractivity contribution in [3.63, 3.8) is 0 Å². The summed E-state index contributed by atoms with van der Waals surface area (Å²) in [5, 5.41) is 11.6. The molecule has 3 heterocycles. The molecule has 0 radical (unpaired) electrons. The molecule has 9 nitrogen and oxygen atoms in total. The summed E-state index contributed by atoms with van der Waals surface area (Å²) in [6, 6.07) is 11.2. The lowest BCUT2D eigenvalue weighted by atomic mass is 9.94. The molecule has 2 atom stereocenters. The number of benzene rings is 2. The van der Waals surface area contributed by atoms with Crippen molar-refractivity contribution >= 4 is 39.9 Å². The molecule has 5 rings (SSSR count). The van der Waals surface area contributed by atoms with E-state index in [1.165, 1.54) is 12.0 Å². The number of hydrogen-bond acceptors (Lipinski definition) is 9. The zero-order chi connectivity index (χ0) is 27.1. The first-order valence-corrected chi connectivity index (χ1v) is 12.9. The van der Waals surface area contributed by atoms with Gasteiger partial charge in [0, 0.05) is 12.0 Å². The van der Waals surface area contributed by atoms with Gasteiger partial charge in [0.25, 0.3) is 5.78 Å². The second-order valence-electron chi connectivity index (χ2n) is 9.03. The van der Waals surface area contributed by atoms with Crippen LogP contribution in [0.25, 0.3) is 5.76 Å². The van der Waals surface area contributed by atoms with Crippen LogP contribution in [0.15, 0.2) is 48.0 Å². The van der Waals surface area contributed by atoms with Gasteiger partial charge >= 0.3 is 11.9 Å². The van der Waals surface area contributed by atoms with E-state index in [4.69, 9.17) is 14.2 Å². The molecular weight excluding hydrogens is 508 g/mol. The number of methoxy groups -OCH3 is 1. The van der Waals surface area contributed by atoms with Crippen LogP contribution in [0, 0.1) is 6.92 Å². The number of carbonyl (C=O) groups excluding carboxylic acids is 3. The molecule has 1 aromatic heterocycles. The van der Waals surface area contributed by atoms with Crippen LogP contribution in [-0.2, 0) is 20.7 Å². The van der Waals surface area contributed by atoms with Gasteiger partial charge in [-0.2, -0.15) is 0 Å². The largest absolute Gasteiger partial charge is 0.507 e. The van der Waals surface area contributed by atoms with Gasteiger partial charge < -0.3 is 19.3 Å². The fourth-order valence-corrected chi connectivity index (χ4v) is 5.79. The predicted molar refractivity (Wildman–Crippen MR) is 141 cm³/mol. The summed E-state index contributed by atoms with van der Waals surface area (Å²) < 4.78 is 16.3. The summed E-state index contributed by atoms with van der Waals surface area (Å²) in [5.74, 6) is -1.34. The first-order valence-electron chi connectivity index (χ1n) is 12.1. The molecule has 2 aromatic carbocycles. The molecule has 1 saturated heterocycles. The van der Waals surface area contributed by atoms with Crippen molar-refractivity contribution in [1.82, 2.24) is 4.98 Å². The molecule has 1 fully saturated rings. The number of rotatable bonds is 6. The molecule has 0 aliphatic carbocycles. The third-order valence-corrected chi connectivity index (χ3v) is 7.60. The van der Waals surface area contributed by atoms with Gasteiger partial charge in [0.05, 0.1) is 31.0 Å². The number of anilines is 1. The topological polar surface area (TPSA) is 115 Å². The summed E-state index contributed by atoms with van der Waals surface area (Å²) in [7, 11) is 1.26. The zero-order valence-electron chi connectivity index (χ0n) is 21.3. The fourth-order valence-electron chi connectivity index (χ4n) is 4.78. The number of Topliss-reactive ketones (excluding diaryl/α,β-unsaturated/α-hetero) is 1. The highest BCUT2D eigenvalue weighted by molar-refractivity contribution is 7.17. The number of aryl methyl sites for hydroxylation is 1. The molecule has 0 saturated carbocycles. The standard InChI is InChI=1S/C28H26N2O7S/c1-5-36-19-8-6-7-16(13-19)22-21(23(31)17-9-10-20-18(12-17)11-14(2)37-20)24(32)26(33)30(22)28-29-15(3)25(38-28)27(34)35-4/h6-10,12-14,22,31H,5,11H2,1-4H3/b23-21+/t14-,22-/m0/s1. The Bertz CT molecular complexity index is 1490. The highest BCUT2D eigenvalue weighted by Gasteiger charge is 2.48. The van der Waals surface area contributed by atoms with Crippen LogP contribution in [0.4, 0.5) is 5.13 Å². The van der Waals surface area contributed by atoms with Gasteiger partial charge in [0.15, 0.2) is 5.13 Å². The first kappa shape index (κ1) is 25.5. The number of ketones is 1. The van der Waals surface area contributed by atoms with Crippen molar-refractivity contribution in [3.05, 3.63) is 75.3 Å². The highest BCUT2D eigenvalue weighted by atomic mass is 32.1. The average Bonchev–Trinajstić information content (AvgIpc) is 3.55. The van der Waals surface area contributed by atoms with Crippen LogP contribution in [0.2, 0.25) is 0 Å². The van der Waals surface area contributed by atoms with Crippen LogP contribution < -0.4 is 14.4 Å². The Morgan fingerprint density at radius 2 is 2.03 bits per heavy atom. The maximum atomic E-state index is 13.5. The second-order valence-corrected chi connectivity index (χ2v) is 10.0. The summed E-state index contributed by atoms with van der Waals surface area (Å²) in [5.41, 5.74) is 2.14. The number of amides is 1. The molecule has 2 aliphatic rings. The SMILES string of the molecule is CCOc1cccc([C@H]2/C(=C(\O)c3ccc4c(c3)C[C@H](C)O4)C(=O)C(=O)N2c2nc(C)c(C(=O)OC)s2)c1. The van der Waals surface area contributed by atoms with E-state index < -0.39 is 23.7 Å². The Kier molecular flexibility index (Phi) is 6.66. The Morgan fingerprint density at radius 3 is 2.76 bits per heavy atom. The van der Waals surface area contributed by atoms with Crippen molar-refractivity contribution in [2.45, 2.75) is 39.3 Å². The average molecular weight is 535 g/mol. The minimum absolute atomic E-state index is 0.00595. The number of nitrogens with zero attached hydrogens (tertiary/aromatic N) is 2. The maximum absolute atomic E-state index is 13.5. The van der Waals surface area contributed by atoms with Gasteiger partial charge in [-0.25, -0.2) is 9.78 Å². The first-order chi connectivity index (χ1) is 18.2. The molecular formula is C28H26N2O7S. The predicted octanol–water partition coefficient (Wildman–Crippen LogP) is 4.59. The molecule has 196 valence electrons. The van der Waals surface area contributed by atoms with Gasteiger partial charge in [-0.05, 0) is 62.2 Å². The Labute approximate surface area is 223 Å². The lowest BCUT2D eigenvalue weighted by Gasteiger charge is -2.23. The maximum Gasteiger partial charge on any atom is 0.350 e. The van der Waals surface area contributed by atoms with Gasteiger partial charge in [0.1, 0.15) is 28.2 Å². The molecule has 10 heteroatoms. The third-order valence-electron chi connectivity index (χ3n) is 6.46. The van der Waals surface area contributed by atoms with Gasteiger partial charge in [0.2, 0.25) is 0 Å². The zero-order valence-corrected chi connectivity index (χ0v) is 22.1. The minimum atomic E-state index is -1.00. The molecule has 2 aliphatic heterocycles. The number of thiazole rings is 1. The summed E-state index contributed by atoms with van der Waals surface area (Å²) in [6.45, 7) is 5.85. The highest BCUT2D eigenvalue weighted by Crippen LogP contribution is 2.45. The van der Waals surface area contributed by atoms with Crippen LogP contribution in [0.1, 0.15) is 51.9 Å². The molecule has 3 aromatic rings. The van der Waals surface area contributed by atoms with Gasteiger partial charge in [-0.1, -0.05) is 23.5 Å². The third kappa shape index (κ3) is 4.30. The van der Waals surface area contributed by atoms with E-state index in [0.717, 1.165) is 22.6 Å². The molecule has 1 amide bonds. The van der Waals surface area contributed by atoms with Crippen molar-refractivity contribution < 1.29 is 33.7 Å². The minimum Gasteiger partial charge on any atom is -0.507 e. The summed E-state index contributed by atoms with van der Waals surface area (Å²) in [6.07, 6.45) is 0.672. The van der Waals surface area contributed by atoms with E-state index in [9.17, 15) is 19.5 Å². The van der Waals surface area contributed by atoms with E-state index in [1.54, 1.807) is 49.4 Å². The van der Waals surface area contributed by atoms with Crippen LogP contribution in [-0.4, -0.2) is 47.6 Å². The van der Waals surface area contributed by atoms with Crippen LogP contribution in [0.3, 0.4) is 0 Å². The fraction of sp³-hybridized carbons (Fsp3) is 0.286. The number of carbonyl (C=O) groups is 3. The summed E-state index contributed by atoms with van der Waals surface area (Å²) >= 11 is 0.949. The second kappa shape index (κ2) is 9.94. The smallest absolute Gasteiger partial charge is 0.350 e. The number of aliphatic hydroxyl groups excluding tert-OH is 1. The van der Waals surface area contributed by atoms with Crippen molar-refractivity contribution in [1.29, 1.82) is 0 Å². The molecule has 0 spiro atoms. The quantitative estimate of drug-likeness (QED) is 0.211. The number of fused-ring (bicyclic) bond motifs is 1. The number of ether oxygens (including phenoxy) is 3. The number of aromatic nitrogens is 1. The number of hydrogen-bond donors (Lipinski definition) is 1. The molecule has 0 unspecified atom stereocenters. The van der Waals surface area contributed by atoms with Crippen LogP contribution in [0.5, 0.6) is 11.5 Å². The van der Waals surface area contributed by atoms with E-state index in [2.05, 4.69) is 4.98 Å². The Balaban J connectivity index is 1.69.